The molecule has 0 spiro atoms. The summed E-state index contributed by atoms with van der Waals surface area (Å²) in [7, 11) is 0. The Kier molecular flexibility index (Phi) is 2.32. The molecule has 0 radical (unpaired) electrons. The van der Waals surface area contributed by atoms with Crippen LogP contribution in [0.25, 0.3) is 11.1 Å². The second-order valence-corrected chi connectivity index (χ2v) is 5.04. The highest BCUT2D eigenvalue weighted by molar-refractivity contribution is 5.83. The molecule has 2 aromatic carbocycles. The fourth-order valence-corrected chi connectivity index (χ4v) is 3.25. The molecule has 17 heavy (non-hydrogen) atoms. The molecular formula is C17H18. The van der Waals surface area contributed by atoms with Gasteiger partial charge in [0.1, 0.15) is 0 Å². The normalized spacial score (nSPS) is 13.6. The Balaban J connectivity index is 2.39. The monoisotopic (exact) mass is 222 g/mol. The number of aryl methyl sites for hydroxylation is 2. The number of rotatable bonds is 1. The second kappa shape index (κ2) is 3.73. The van der Waals surface area contributed by atoms with E-state index in [0.717, 1.165) is 0 Å². The van der Waals surface area contributed by atoms with Crippen molar-refractivity contribution in [2.45, 2.75) is 33.1 Å². The van der Waals surface area contributed by atoms with Crippen molar-refractivity contribution in [2.75, 3.05) is 0 Å². The number of fused-ring (bicyclic) bond motifs is 3. The number of hydrogen-bond acceptors (Lipinski definition) is 0. The Morgan fingerprint density at radius 1 is 0.824 bits per heavy atom. The molecule has 0 heteroatoms. The Hall–Kier alpha value is -1.56. The molecule has 1 aliphatic rings. The van der Waals surface area contributed by atoms with Gasteiger partial charge in [-0.05, 0) is 53.6 Å². The molecule has 86 valence electrons. The zero-order chi connectivity index (χ0) is 12.0. The molecule has 2 aromatic rings. The van der Waals surface area contributed by atoms with Crippen LogP contribution >= 0.6 is 0 Å². The molecule has 0 amide bonds. The van der Waals surface area contributed by atoms with Crippen LogP contribution in [0.1, 0.15) is 41.5 Å². The van der Waals surface area contributed by atoms with Gasteiger partial charge in [0.2, 0.25) is 0 Å². The first kappa shape index (κ1) is 10.6. The van der Waals surface area contributed by atoms with Crippen LogP contribution in [0.15, 0.2) is 36.4 Å². The average molecular weight is 222 g/mol. The fourth-order valence-electron chi connectivity index (χ4n) is 3.25. The summed E-state index contributed by atoms with van der Waals surface area (Å²) in [5.41, 5.74) is 8.86. The van der Waals surface area contributed by atoms with Crippen LogP contribution in [-0.4, -0.2) is 0 Å². The summed E-state index contributed by atoms with van der Waals surface area (Å²) in [4.78, 5) is 0. The first-order chi connectivity index (χ1) is 8.24. The van der Waals surface area contributed by atoms with Crippen LogP contribution in [0.5, 0.6) is 0 Å². The Morgan fingerprint density at radius 3 is 1.71 bits per heavy atom. The van der Waals surface area contributed by atoms with E-state index < -0.39 is 0 Å². The quantitative estimate of drug-likeness (QED) is 0.648. The lowest BCUT2D eigenvalue weighted by atomic mass is 9.94. The van der Waals surface area contributed by atoms with Gasteiger partial charge in [-0.15, -0.1) is 0 Å². The first-order valence-corrected chi connectivity index (χ1v) is 6.43. The van der Waals surface area contributed by atoms with Gasteiger partial charge in [-0.3, -0.25) is 0 Å². The van der Waals surface area contributed by atoms with Crippen molar-refractivity contribution in [3.05, 3.63) is 58.7 Å². The Labute approximate surface area is 103 Å². The van der Waals surface area contributed by atoms with Crippen molar-refractivity contribution in [1.82, 2.24) is 0 Å². The van der Waals surface area contributed by atoms with Gasteiger partial charge < -0.3 is 0 Å². The van der Waals surface area contributed by atoms with E-state index in [9.17, 15) is 0 Å². The molecule has 0 aliphatic heterocycles. The van der Waals surface area contributed by atoms with Gasteiger partial charge in [0.15, 0.2) is 0 Å². The minimum Gasteiger partial charge on any atom is -0.0645 e. The van der Waals surface area contributed by atoms with Crippen LogP contribution in [0, 0.1) is 13.8 Å². The predicted octanol–water partition coefficient (Wildman–Crippen LogP) is 4.83. The standard InChI is InChI=1S/C17H18/c1-4-13-14-9-5-7-11(2)16(14)17-12(3)8-6-10-15(13)17/h5-10,13H,4H2,1-3H3. The van der Waals surface area contributed by atoms with Crippen LogP contribution in [0.4, 0.5) is 0 Å². The maximum Gasteiger partial charge on any atom is 0.00992 e. The minimum absolute atomic E-state index is 0.597. The van der Waals surface area contributed by atoms with E-state index in [4.69, 9.17) is 0 Å². The number of hydrogen-bond donors (Lipinski definition) is 0. The topological polar surface area (TPSA) is 0 Å². The van der Waals surface area contributed by atoms with Crippen molar-refractivity contribution in [2.24, 2.45) is 0 Å². The van der Waals surface area contributed by atoms with Crippen molar-refractivity contribution in [3.8, 4) is 11.1 Å². The van der Waals surface area contributed by atoms with E-state index in [1.54, 1.807) is 0 Å². The van der Waals surface area contributed by atoms with E-state index in [1.807, 2.05) is 0 Å². The molecule has 0 fully saturated rings. The molecule has 0 heterocycles. The van der Waals surface area contributed by atoms with Gasteiger partial charge in [-0.1, -0.05) is 43.3 Å². The maximum atomic E-state index is 2.30. The van der Waals surface area contributed by atoms with Gasteiger partial charge >= 0.3 is 0 Å². The summed E-state index contributed by atoms with van der Waals surface area (Å²) in [6.07, 6.45) is 1.19. The summed E-state index contributed by atoms with van der Waals surface area (Å²) in [6, 6.07) is 13.4. The van der Waals surface area contributed by atoms with Gasteiger partial charge in [-0.25, -0.2) is 0 Å². The molecule has 0 nitrogen and oxygen atoms in total. The largest absolute Gasteiger partial charge is 0.0645 e. The van der Waals surface area contributed by atoms with Crippen molar-refractivity contribution >= 4 is 0 Å². The third-order valence-electron chi connectivity index (χ3n) is 4.02. The van der Waals surface area contributed by atoms with Crippen molar-refractivity contribution in [3.63, 3.8) is 0 Å². The van der Waals surface area contributed by atoms with Crippen LogP contribution in [-0.2, 0) is 0 Å². The summed E-state index contributed by atoms with van der Waals surface area (Å²) < 4.78 is 0. The summed E-state index contributed by atoms with van der Waals surface area (Å²) >= 11 is 0. The third-order valence-corrected chi connectivity index (χ3v) is 4.02. The average Bonchev–Trinajstić information content (AvgIpc) is 2.65. The molecule has 0 aromatic heterocycles. The lowest BCUT2D eigenvalue weighted by Crippen LogP contribution is -1.94. The molecule has 0 saturated carbocycles. The van der Waals surface area contributed by atoms with Gasteiger partial charge in [-0.2, -0.15) is 0 Å². The highest BCUT2D eigenvalue weighted by Gasteiger charge is 2.28. The van der Waals surface area contributed by atoms with Crippen LogP contribution in [0.3, 0.4) is 0 Å². The highest BCUT2D eigenvalue weighted by atomic mass is 14.3. The number of benzene rings is 2. The molecule has 0 N–H and O–H groups in total. The predicted molar refractivity (Wildman–Crippen MR) is 73.5 cm³/mol. The second-order valence-electron chi connectivity index (χ2n) is 5.04. The van der Waals surface area contributed by atoms with Crippen molar-refractivity contribution < 1.29 is 0 Å². The van der Waals surface area contributed by atoms with Gasteiger partial charge in [0, 0.05) is 5.92 Å². The van der Waals surface area contributed by atoms with Gasteiger partial charge in [0.25, 0.3) is 0 Å². The Morgan fingerprint density at radius 2 is 1.29 bits per heavy atom. The van der Waals surface area contributed by atoms with E-state index in [0.29, 0.717) is 5.92 Å². The smallest absolute Gasteiger partial charge is 0.00992 e. The summed E-state index contributed by atoms with van der Waals surface area (Å²) in [5, 5.41) is 0. The lowest BCUT2D eigenvalue weighted by Gasteiger charge is -2.10. The minimum atomic E-state index is 0.597. The summed E-state index contributed by atoms with van der Waals surface area (Å²) in [6.45, 7) is 6.74. The molecule has 3 rings (SSSR count). The molecule has 0 saturated heterocycles. The van der Waals surface area contributed by atoms with Gasteiger partial charge in [0.05, 0.1) is 0 Å². The van der Waals surface area contributed by atoms with E-state index in [1.165, 1.54) is 39.8 Å². The lowest BCUT2D eigenvalue weighted by molar-refractivity contribution is 0.796. The SMILES string of the molecule is CCC1c2cccc(C)c2-c2c(C)cccc21. The van der Waals surface area contributed by atoms with E-state index >= 15 is 0 Å². The van der Waals surface area contributed by atoms with E-state index in [2.05, 4.69) is 57.2 Å². The highest BCUT2D eigenvalue weighted by Crippen LogP contribution is 2.48. The zero-order valence-electron chi connectivity index (χ0n) is 10.7. The van der Waals surface area contributed by atoms with Crippen LogP contribution < -0.4 is 0 Å². The maximum absolute atomic E-state index is 2.30. The molecule has 0 unspecified atom stereocenters. The van der Waals surface area contributed by atoms with E-state index in [-0.39, 0.29) is 0 Å². The molecule has 0 bridgehead atoms. The summed E-state index contributed by atoms with van der Waals surface area (Å²) in [5.74, 6) is 0.597. The Bertz CT molecular complexity index is 527. The molecule has 0 atom stereocenters. The third kappa shape index (κ3) is 1.37. The zero-order valence-corrected chi connectivity index (χ0v) is 10.7. The van der Waals surface area contributed by atoms with Crippen LogP contribution in [0.2, 0.25) is 0 Å². The van der Waals surface area contributed by atoms with Crippen molar-refractivity contribution in [1.29, 1.82) is 0 Å². The first-order valence-electron chi connectivity index (χ1n) is 6.43. The molecular weight excluding hydrogens is 204 g/mol. The molecule has 1 aliphatic carbocycles. The fraction of sp³-hybridized carbons (Fsp3) is 0.294.